The van der Waals surface area contributed by atoms with E-state index in [-0.39, 0.29) is 0 Å². The van der Waals surface area contributed by atoms with Crippen LogP contribution < -0.4 is 0 Å². The van der Waals surface area contributed by atoms with E-state index in [4.69, 9.17) is 0 Å². The molecule has 0 aromatic carbocycles. The zero-order valence-electron chi connectivity index (χ0n) is 6.38. The lowest BCUT2D eigenvalue weighted by atomic mass is 10.2. The van der Waals surface area contributed by atoms with E-state index < -0.39 is 0 Å². The second kappa shape index (κ2) is 6.02. The van der Waals surface area contributed by atoms with Gasteiger partial charge in [-0.2, -0.15) is 0 Å². The van der Waals surface area contributed by atoms with Crippen LogP contribution in [0.25, 0.3) is 0 Å². The normalized spacial score (nSPS) is 11.9. The van der Waals surface area contributed by atoms with E-state index >= 15 is 0 Å². The Balaban J connectivity index is 4.07. The van der Waals surface area contributed by atoms with Crippen molar-refractivity contribution in [1.29, 1.82) is 0 Å². The van der Waals surface area contributed by atoms with Crippen LogP contribution in [0.5, 0.6) is 0 Å². The third-order valence-corrected chi connectivity index (χ3v) is 1.05. The minimum absolute atomic E-state index is 1.02. The molecule has 0 atom stereocenters. The maximum atomic E-state index is 3.65. The fraction of sp³-hybridized carbons (Fsp3) is 0.222. The molecule has 0 heterocycles. The summed E-state index contributed by atoms with van der Waals surface area (Å²) in [6.45, 7) is 9.06. The molecule has 0 bridgehead atoms. The number of rotatable bonds is 4. The van der Waals surface area contributed by atoms with Gasteiger partial charge in [-0.25, -0.2) is 0 Å². The number of aliphatic imine (C=N–C) groups is 1. The molecule has 0 radical (unpaired) electrons. The van der Waals surface area contributed by atoms with Crippen molar-refractivity contribution in [1.82, 2.24) is 0 Å². The summed E-state index contributed by atoms with van der Waals surface area (Å²) in [4.78, 5) is 3.59. The summed E-state index contributed by atoms with van der Waals surface area (Å²) in [6, 6.07) is 0. The van der Waals surface area contributed by atoms with Crippen molar-refractivity contribution in [2.45, 2.75) is 13.3 Å². The molecule has 0 amide bonds. The summed E-state index contributed by atoms with van der Waals surface area (Å²) < 4.78 is 0. The molecule has 0 aliphatic carbocycles. The van der Waals surface area contributed by atoms with Gasteiger partial charge in [0.05, 0.1) is 0 Å². The molecular formula is C9H13N. The molecule has 1 heteroatoms. The molecule has 0 saturated heterocycles. The molecular weight excluding hydrogens is 122 g/mol. The summed E-state index contributed by atoms with van der Waals surface area (Å²) in [7, 11) is 0. The van der Waals surface area contributed by atoms with Crippen LogP contribution in [0.15, 0.2) is 41.6 Å². The highest BCUT2D eigenvalue weighted by Crippen LogP contribution is 1.99. The van der Waals surface area contributed by atoms with Gasteiger partial charge in [-0.1, -0.05) is 25.7 Å². The van der Waals surface area contributed by atoms with Crippen molar-refractivity contribution < 1.29 is 0 Å². The minimum atomic E-state index is 1.02. The molecule has 0 fully saturated rings. The second-order valence-corrected chi connectivity index (χ2v) is 1.81. The van der Waals surface area contributed by atoms with Gasteiger partial charge in [-0.05, 0) is 24.8 Å². The zero-order chi connectivity index (χ0) is 7.82. The van der Waals surface area contributed by atoms with Crippen molar-refractivity contribution in [3.05, 3.63) is 36.6 Å². The Bertz CT molecular complexity index is 164. The Morgan fingerprint density at radius 1 is 1.60 bits per heavy atom. The molecule has 0 spiro atoms. The summed E-state index contributed by atoms with van der Waals surface area (Å²) in [5, 5.41) is 0. The number of hydrogen-bond donors (Lipinski definition) is 0. The Morgan fingerprint density at radius 3 is 2.70 bits per heavy atom. The van der Waals surface area contributed by atoms with Crippen molar-refractivity contribution in [3.63, 3.8) is 0 Å². The van der Waals surface area contributed by atoms with Gasteiger partial charge < -0.3 is 0 Å². The van der Waals surface area contributed by atoms with Crippen molar-refractivity contribution in [2.75, 3.05) is 0 Å². The fourth-order valence-electron chi connectivity index (χ4n) is 0.594. The Labute approximate surface area is 62.5 Å². The first kappa shape index (κ1) is 8.89. The molecule has 0 aliphatic heterocycles. The van der Waals surface area contributed by atoms with Crippen LogP contribution in [0, 0.1) is 0 Å². The first-order valence-corrected chi connectivity index (χ1v) is 3.30. The third kappa shape index (κ3) is 3.84. The monoisotopic (exact) mass is 135 g/mol. The van der Waals surface area contributed by atoms with Crippen molar-refractivity contribution in [2.24, 2.45) is 4.99 Å². The molecule has 0 saturated carbocycles. The van der Waals surface area contributed by atoms with Gasteiger partial charge in [-0.3, -0.25) is 4.99 Å². The van der Waals surface area contributed by atoms with Crippen LogP contribution in [0.1, 0.15) is 13.3 Å². The van der Waals surface area contributed by atoms with E-state index in [2.05, 4.69) is 31.3 Å². The van der Waals surface area contributed by atoms with E-state index in [1.165, 1.54) is 0 Å². The summed E-state index contributed by atoms with van der Waals surface area (Å²) in [5.41, 5.74) is 1.09. The Kier molecular flexibility index (Phi) is 5.35. The quantitative estimate of drug-likeness (QED) is 0.415. The summed E-state index contributed by atoms with van der Waals surface area (Å²) in [5.74, 6) is 0. The van der Waals surface area contributed by atoms with Gasteiger partial charge in [0.25, 0.3) is 0 Å². The number of allylic oxidation sites excluding steroid dienone is 4. The molecule has 0 aliphatic rings. The topological polar surface area (TPSA) is 12.4 Å². The van der Waals surface area contributed by atoms with Crippen LogP contribution >= 0.6 is 0 Å². The largest absolute Gasteiger partial charge is 0.272 e. The number of nitrogens with zero attached hydrogens (tertiary/aromatic N) is 1. The first-order valence-electron chi connectivity index (χ1n) is 3.30. The van der Waals surface area contributed by atoms with Gasteiger partial charge in [-0.15, -0.1) is 0 Å². The Morgan fingerprint density at radius 2 is 2.30 bits per heavy atom. The van der Waals surface area contributed by atoms with E-state index in [0.29, 0.717) is 0 Å². The van der Waals surface area contributed by atoms with E-state index in [1.807, 2.05) is 6.08 Å². The van der Waals surface area contributed by atoms with Gasteiger partial charge in [0.2, 0.25) is 0 Å². The molecule has 10 heavy (non-hydrogen) atoms. The average Bonchev–Trinajstić information content (AvgIpc) is 1.98. The highest BCUT2D eigenvalue weighted by Gasteiger charge is 1.79. The third-order valence-electron chi connectivity index (χ3n) is 1.05. The van der Waals surface area contributed by atoms with Crippen LogP contribution in [0.4, 0.5) is 0 Å². The SMILES string of the molecule is C=CC(/C=C\N=C)=C\CC. The van der Waals surface area contributed by atoms with E-state index in [1.54, 1.807) is 12.3 Å². The van der Waals surface area contributed by atoms with Crippen LogP contribution in [-0.4, -0.2) is 6.72 Å². The lowest BCUT2D eigenvalue weighted by molar-refractivity contribution is 1.21. The van der Waals surface area contributed by atoms with Crippen LogP contribution in [0.2, 0.25) is 0 Å². The summed E-state index contributed by atoms with van der Waals surface area (Å²) >= 11 is 0. The highest BCUT2D eigenvalue weighted by atomic mass is 14.6. The molecule has 54 valence electrons. The molecule has 0 unspecified atom stereocenters. The molecule has 0 aromatic heterocycles. The van der Waals surface area contributed by atoms with Crippen LogP contribution in [-0.2, 0) is 0 Å². The van der Waals surface area contributed by atoms with Crippen molar-refractivity contribution in [3.8, 4) is 0 Å². The van der Waals surface area contributed by atoms with Crippen molar-refractivity contribution >= 4 is 6.72 Å². The molecule has 1 nitrogen and oxygen atoms in total. The maximum absolute atomic E-state index is 3.65. The average molecular weight is 135 g/mol. The second-order valence-electron chi connectivity index (χ2n) is 1.81. The first-order chi connectivity index (χ1) is 4.85. The highest BCUT2D eigenvalue weighted by molar-refractivity contribution is 5.31. The minimum Gasteiger partial charge on any atom is -0.272 e. The zero-order valence-corrected chi connectivity index (χ0v) is 6.38. The number of hydrogen-bond acceptors (Lipinski definition) is 1. The smallest absolute Gasteiger partial charge is 0.0266 e. The van der Waals surface area contributed by atoms with Gasteiger partial charge in [0, 0.05) is 6.20 Å². The van der Waals surface area contributed by atoms with Gasteiger partial charge >= 0.3 is 0 Å². The van der Waals surface area contributed by atoms with Gasteiger partial charge in [0.15, 0.2) is 0 Å². The van der Waals surface area contributed by atoms with Crippen LogP contribution in [0.3, 0.4) is 0 Å². The fourth-order valence-corrected chi connectivity index (χ4v) is 0.594. The standard InChI is InChI=1S/C9H13N/c1-4-6-9(5-2)7-8-10-3/h5-8H,2-4H2,1H3/b8-7-,9-6+. The predicted octanol–water partition coefficient (Wildman–Crippen LogP) is 2.72. The predicted molar refractivity (Wildman–Crippen MR) is 47.3 cm³/mol. The Hall–Kier alpha value is -1.11. The lowest BCUT2D eigenvalue weighted by Gasteiger charge is -1.88. The van der Waals surface area contributed by atoms with E-state index in [9.17, 15) is 0 Å². The maximum Gasteiger partial charge on any atom is 0.0266 e. The molecule has 0 N–H and O–H groups in total. The molecule has 0 aromatic rings. The lowest BCUT2D eigenvalue weighted by Crippen LogP contribution is -1.68. The summed E-state index contributed by atoms with van der Waals surface area (Å²) in [6.07, 6.45) is 8.43. The van der Waals surface area contributed by atoms with E-state index in [0.717, 1.165) is 12.0 Å². The van der Waals surface area contributed by atoms with Gasteiger partial charge in [0.1, 0.15) is 0 Å². The molecule has 0 rings (SSSR count).